The fourth-order valence-electron chi connectivity index (χ4n) is 1.92. The molecule has 106 valence electrons. The summed E-state index contributed by atoms with van der Waals surface area (Å²) in [6.45, 7) is 2.09. The highest BCUT2D eigenvalue weighted by atomic mass is 32.2. The number of benzene rings is 1. The Labute approximate surface area is 122 Å². The first-order valence-electron chi connectivity index (χ1n) is 6.45. The van der Waals surface area contributed by atoms with Crippen molar-refractivity contribution in [1.29, 1.82) is 0 Å². The van der Waals surface area contributed by atoms with Gasteiger partial charge in [-0.3, -0.25) is 4.79 Å². The van der Waals surface area contributed by atoms with E-state index in [0.717, 1.165) is 12.8 Å². The molecule has 0 aliphatic rings. The lowest BCUT2D eigenvalue weighted by atomic mass is 10.1. The van der Waals surface area contributed by atoms with Crippen molar-refractivity contribution in [3.05, 3.63) is 42.2 Å². The van der Waals surface area contributed by atoms with Crippen LogP contribution in [0.5, 0.6) is 0 Å². The Morgan fingerprint density at radius 1 is 1.40 bits per heavy atom. The second-order valence-electron chi connectivity index (χ2n) is 4.58. The number of aliphatic carboxylic acids is 1. The van der Waals surface area contributed by atoms with Crippen molar-refractivity contribution >= 4 is 17.7 Å². The monoisotopic (exact) mass is 291 g/mol. The molecule has 0 saturated carbocycles. The molecule has 5 nitrogen and oxygen atoms in total. The van der Waals surface area contributed by atoms with Gasteiger partial charge in [-0.2, -0.15) is 0 Å². The minimum atomic E-state index is -0.846. The van der Waals surface area contributed by atoms with E-state index < -0.39 is 5.97 Å². The van der Waals surface area contributed by atoms with Crippen molar-refractivity contribution in [2.24, 2.45) is 0 Å². The van der Waals surface area contributed by atoms with Gasteiger partial charge in [0.1, 0.15) is 6.33 Å². The zero-order chi connectivity index (χ0) is 14.4. The molecule has 1 heterocycles. The van der Waals surface area contributed by atoms with Crippen LogP contribution in [0.3, 0.4) is 0 Å². The number of aromatic nitrogens is 3. The number of carbonyl (C=O) groups is 1. The highest BCUT2D eigenvalue weighted by molar-refractivity contribution is 7.99. The lowest BCUT2D eigenvalue weighted by Gasteiger charge is -2.14. The van der Waals surface area contributed by atoms with E-state index in [0.29, 0.717) is 5.16 Å². The summed E-state index contributed by atoms with van der Waals surface area (Å²) in [5, 5.41) is 17.2. The fourth-order valence-corrected chi connectivity index (χ4v) is 2.66. The van der Waals surface area contributed by atoms with Gasteiger partial charge in [0, 0.05) is 6.04 Å². The van der Waals surface area contributed by atoms with Crippen molar-refractivity contribution < 1.29 is 9.90 Å². The molecule has 6 heteroatoms. The van der Waals surface area contributed by atoms with Gasteiger partial charge in [0.2, 0.25) is 0 Å². The molecule has 0 spiro atoms. The van der Waals surface area contributed by atoms with Gasteiger partial charge >= 0.3 is 5.97 Å². The first-order valence-corrected chi connectivity index (χ1v) is 7.43. The second-order valence-corrected chi connectivity index (χ2v) is 5.52. The van der Waals surface area contributed by atoms with Crippen LogP contribution in [0.1, 0.15) is 24.9 Å². The number of carboxylic acid groups (broad SMARTS) is 1. The first kappa shape index (κ1) is 14.6. The molecule has 0 aliphatic carbocycles. The van der Waals surface area contributed by atoms with Gasteiger partial charge in [-0.1, -0.05) is 42.1 Å². The van der Waals surface area contributed by atoms with Crippen LogP contribution in [0.15, 0.2) is 41.8 Å². The zero-order valence-electron chi connectivity index (χ0n) is 11.3. The Morgan fingerprint density at radius 2 is 2.15 bits per heavy atom. The van der Waals surface area contributed by atoms with Crippen LogP contribution < -0.4 is 0 Å². The molecule has 0 amide bonds. The molecule has 20 heavy (non-hydrogen) atoms. The lowest BCUT2D eigenvalue weighted by molar-refractivity contribution is -0.133. The third kappa shape index (κ3) is 4.09. The molecule has 0 aliphatic heterocycles. The van der Waals surface area contributed by atoms with Gasteiger partial charge in [0.25, 0.3) is 0 Å². The van der Waals surface area contributed by atoms with Crippen LogP contribution in [0, 0.1) is 0 Å². The van der Waals surface area contributed by atoms with Crippen molar-refractivity contribution in [3.63, 3.8) is 0 Å². The summed E-state index contributed by atoms with van der Waals surface area (Å²) in [4.78, 5) is 10.6. The van der Waals surface area contributed by atoms with Gasteiger partial charge in [-0.15, -0.1) is 10.2 Å². The quantitative estimate of drug-likeness (QED) is 0.794. The Kier molecular flexibility index (Phi) is 5.17. The van der Waals surface area contributed by atoms with Crippen molar-refractivity contribution in [1.82, 2.24) is 14.8 Å². The zero-order valence-corrected chi connectivity index (χ0v) is 12.1. The number of thioether (sulfide) groups is 1. The Bertz CT molecular complexity index is 557. The molecular formula is C14H17N3O2S. The molecule has 1 aromatic heterocycles. The number of carboxylic acids is 1. The van der Waals surface area contributed by atoms with Crippen LogP contribution in [0.25, 0.3) is 0 Å². The maximum Gasteiger partial charge on any atom is 0.313 e. The normalized spacial score (nSPS) is 12.2. The minimum absolute atomic E-state index is 0.00407. The van der Waals surface area contributed by atoms with Crippen molar-refractivity contribution in [2.45, 2.75) is 31.0 Å². The number of hydrogen-bond acceptors (Lipinski definition) is 4. The molecule has 0 radical (unpaired) electrons. The van der Waals surface area contributed by atoms with Gasteiger partial charge in [0.05, 0.1) is 5.75 Å². The standard InChI is InChI=1S/C14H17N3O2S/c1-11(7-8-12-5-3-2-4-6-12)17-10-15-16-14(17)20-9-13(18)19/h2-6,10-11H,7-9H2,1H3,(H,18,19). The summed E-state index contributed by atoms with van der Waals surface area (Å²) < 4.78 is 1.94. The average molecular weight is 291 g/mol. The average Bonchev–Trinajstić information content (AvgIpc) is 2.92. The summed E-state index contributed by atoms with van der Waals surface area (Å²) in [6, 6.07) is 10.5. The summed E-state index contributed by atoms with van der Waals surface area (Å²) in [5.41, 5.74) is 1.30. The minimum Gasteiger partial charge on any atom is -0.481 e. The number of nitrogens with zero attached hydrogens (tertiary/aromatic N) is 3. The van der Waals surface area contributed by atoms with Crippen LogP contribution in [-0.4, -0.2) is 31.6 Å². The van der Waals surface area contributed by atoms with E-state index >= 15 is 0 Å². The van der Waals surface area contributed by atoms with E-state index in [9.17, 15) is 4.79 Å². The molecule has 0 saturated heterocycles. The molecule has 1 N–H and O–H groups in total. The van der Waals surface area contributed by atoms with Gasteiger partial charge in [-0.25, -0.2) is 0 Å². The molecule has 2 rings (SSSR count). The highest BCUT2D eigenvalue weighted by Gasteiger charge is 2.13. The van der Waals surface area contributed by atoms with E-state index in [4.69, 9.17) is 5.11 Å². The SMILES string of the molecule is CC(CCc1ccccc1)n1cnnc1SCC(=O)O. The van der Waals surface area contributed by atoms with Gasteiger partial charge in [-0.05, 0) is 25.3 Å². The summed E-state index contributed by atoms with van der Waals surface area (Å²) >= 11 is 1.20. The maximum atomic E-state index is 10.6. The van der Waals surface area contributed by atoms with Crippen molar-refractivity contribution in [3.8, 4) is 0 Å². The Morgan fingerprint density at radius 3 is 2.85 bits per heavy atom. The molecule has 0 fully saturated rings. The van der Waals surface area contributed by atoms with E-state index in [1.807, 2.05) is 22.8 Å². The van der Waals surface area contributed by atoms with Crippen LogP contribution >= 0.6 is 11.8 Å². The molecule has 2 aromatic rings. The molecule has 1 unspecified atom stereocenters. The second kappa shape index (κ2) is 7.09. The largest absolute Gasteiger partial charge is 0.481 e. The molecular weight excluding hydrogens is 274 g/mol. The summed E-state index contributed by atoms with van der Waals surface area (Å²) in [6.07, 6.45) is 3.60. The first-order chi connectivity index (χ1) is 9.66. The Balaban J connectivity index is 1.93. The molecule has 1 aromatic carbocycles. The summed E-state index contributed by atoms with van der Waals surface area (Å²) in [7, 11) is 0. The predicted octanol–water partition coefficient (Wildman–Crippen LogP) is 2.65. The number of rotatable bonds is 7. The topological polar surface area (TPSA) is 68.0 Å². The molecule has 1 atom stereocenters. The van der Waals surface area contributed by atoms with E-state index in [1.54, 1.807) is 6.33 Å². The predicted molar refractivity (Wildman–Crippen MR) is 77.9 cm³/mol. The smallest absolute Gasteiger partial charge is 0.313 e. The van der Waals surface area contributed by atoms with Crippen molar-refractivity contribution in [2.75, 3.05) is 5.75 Å². The van der Waals surface area contributed by atoms with E-state index in [2.05, 4.69) is 29.3 Å². The highest BCUT2D eigenvalue weighted by Crippen LogP contribution is 2.22. The fraction of sp³-hybridized carbons (Fsp3) is 0.357. The maximum absolute atomic E-state index is 10.6. The number of aryl methyl sites for hydroxylation is 1. The molecule has 0 bridgehead atoms. The van der Waals surface area contributed by atoms with E-state index in [1.165, 1.54) is 17.3 Å². The van der Waals surface area contributed by atoms with Gasteiger partial charge in [0.15, 0.2) is 5.16 Å². The summed E-state index contributed by atoms with van der Waals surface area (Å²) in [5.74, 6) is -0.842. The van der Waals surface area contributed by atoms with Crippen LogP contribution in [-0.2, 0) is 11.2 Å². The third-order valence-corrected chi connectivity index (χ3v) is 3.98. The van der Waals surface area contributed by atoms with Gasteiger partial charge < -0.3 is 9.67 Å². The Hall–Kier alpha value is -1.82. The van der Waals surface area contributed by atoms with Crippen LogP contribution in [0.4, 0.5) is 0 Å². The van der Waals surface area contributed by atoms with Crippen LogP contribution in [0.2, 0.25) is 0 Å². The number of hydrogen-bond donors (Lipinski definition) is 1. The van der Waals surface area contributed by atoms with E-state index in [-0.39, 0.29) is 11.8 Å². The third-order valence-electron chi connectivity index (χ3n) is 3.03. The lowest BCUT2D eigenvalue weighted by Crippen LogP contribution is -2.08.